The summed E-state index contributed by atoms with van der Waals surface area (Å²) in [5.41, 5.74) is 1.71. The number of esters is 1. The van der Waals surface area contributed by atoms with Crippen molar-refractivity contribution in [3.63, 3.8) is 0 Å². The first kappa shape index (κ1) is 22.2. The second kappa shape index (κ2) is 10.4. The van der Waals surface area contributed by atoms with E-state index < -0.39 is 23.4 Å². The highest BCUT2D eigenvalue weighted by Crippen LogP contribution is 2.22. The van der Waals surface area contributed by atoms with Crippen molar-refractivity contribution in [1.82, 2.24) is 0 Å². The van der Waals surface area contributed by atoms with Gasteiger partial charge in [-0.2, -0.15) is 0 Å². The lowest BCUT2D eigenvalue weighted by molar-refractivity contribution is -0.384. The van der Waals surface area contributed by atoms with Crippen LogP contribution in [0.2, 0.25) is 5.02 Å². The normalized spacial score (nSPS) is 10.3. The molecule has 0 unspecified atom stereocenters. The topological polar surface area (TPSA) is 108 Å². The first-order chi connectivity index (χ1) is 13.8. The molecule has 0 heterocycles. The molecule has 0 aliphatic heterocycles. The minimum absolute atomic E-state index is 0.0930. The van der Waals surface area contributed by atoms with Gasteiger partial charge in [-0.05, 0) is 49.6 Å². The molecule has 0 saturated heterocycles. The maximum Gasteiger partial charge on any atom is 0.306 e. The van der Waals surface area contributed by atoms with Crippen molar-refractivity contribution in [2.45, 2.75) is 26.7 Å². The van der Waals surface area contributed by atoms with Crippen molar-refractivity contribution in [3.8, 4) is 5.75 Å². The standard InChI is InChI=1S/C20H21ClN2O6/c1-13-5-7-16(23(26)27)11-17(13)22-19(24)12-29-20(25)4-3-9-28-18-8-6-15(21)10-14(18)2/h5-8,10-11H,3-4,9,12H2,1-2H3,(H,22,24). The van der Waals surface area contributed by atoms with Crippen LogP contribution in [0.4, 0.5) is 11.4 Å². The van der Waals surface area contributed by atoms with E-state index >= 15 is 0 Å². The van der Waals surface area contributed by atoms with Crippen LogP contribution in [0.1, 0.15) is 24.0 Å². The molecule has 2 rings (SSSR count). The number of carbonyl (C=O) groups is 2. The Morgan fingerprint density at radius 2 is 1.90 bits per heavy atom. The monoisotopic (exact) mass is 420 g/mol. The van der Waals surface area contributed by atoms with Crippen LogP contribution in [-0.2, 0) is 14.3 Å². The maximum atomic E-state index is 11.9. The number of non-ortho nitro benzene ring substituents is 1. The van der Waals surface area contributed by atoms with E-state index in [0.29, 0.717) is 35.1 Å². The number of hydrogen-bond acceptors (Lipinski definition) is 6. The minimum Gasteiger partial charge on any atom is -0.493 e. The van der Waals surface area contributed by atoms with Crippen LogP contribution in [0.5, 0.6) is 5.75 Å². The third-order valence-corrected chi connectivity index (χ3v) is 4.23. The molecule has 154 valence electrons. The second-order valence-electron chi connectivity index (χ2n) is 6.33. The molecule has 0 spiro atoms. The van der Waals surface area contributed by atoms with E-state index in [0.717, 1.165) is 5.56 Å². The predicted molar refractivity (Wildman–Crippen MR) is 108 cm³/mol. The molecule has 2 aromatic rings. The highest BCUT2D eigenvalue weighted by atomic mass is 35.5. The molecule has 0 radical (unpaired) electrons. The summed E-state index contributed by atoms with van der Waals surface area (Å²) in [4.78, 5) is 34.0. The first-order valence-electron chi connectivity index (χ1n) is 8.85. The number of nitrogens with one attached hydrogen (secondary N) is 1. The van der Waals surface area contributed by atoms with Gasteiger partial charge in [-0.15, -0.1) is 0 Å². The SMILES string of the molecule is Cc1ccc([N+](=O)[O-])cc1NC(=O)COC(=O)CCCOc1ccc(Cl)cc1C. The van der Waals surface area contributed by atoms with Crippen molar-refractivity contribution >= 4 is 34.9 Å². The van der Waals surface area contributed by atoms with Gasteiger partial charge >= 0.3 is 5.97 Å². The van der Waals surface area contributed by atoms with Gasteiger partial charge in [-0.25, -0.2) is 0 Å². The van der Waals surface area contributed by atoms with Gasteiger partial charge in [0.25, 0.3) is 11.6 Å². The zero-order chi connectivity index (χ0) is 21.4. The van der Waals surface area contributed by atoms with Gasteiger partial charge in [-0.1, -0.05) is 17.7 Å². The number of nitro benzene ring substituents is 1. The molecule has 0 atom stereocenters. The van der Waals surface area contributed by atoms with Crippen LogP contribution < -0.4 is 10.1 Å². The lowest BCUT2D eigenvalue weighted by Gasteiger charge is -2.10. The molecule has 0 fully saturated rings. The first-order valence-corrected chi connectivity index (χ1v) is 9.23. The number of benzene rings is 2. The van der Waals surface area contributed by atoms with Crippen molar-refractivity contribution in [2.75, 3.05) is 18.5 Å². The largest absolute Gasteiger partial charge is 0.493 e. The molecule has 2 aromatic carbocycles. The van der Waals surface area contributed by atoms with Crippen molar-refractivity contribution < 1.29 is 24.0 Å². The Hall–Kier alpha value is -3.13. The van der Waals surface area contributed by atoms with Crippen LogP contribution in [0.25, 0.3) is 0 Å². The molecule has 8 nitrogen and oxygen atoms in total. The third-order valence-electron chi connectivity index (χ3n) is 3.99. The summed E-state index contributed by atoms with van der Waals surface area (Å²) in [7, 11) is 0. The third kappa shape index (κ3) is 7.08. The molecular formula is C20H21ClN2O6. The van der Waals surface area contributed by atoms with Crippen molar-refractivity contribution in [3.05, 3.63) is 62.7 Å². The molecule has 0 aromatic heterocycles. The molecule has 0 aliphatic rings. The highest BCUT2D eigenvalue weighted by Gasteiger charge is 2.13. The summed E-state index contributed by atoms with van der Waals surface area (Å²) in [6, 6.07) is 9.40. The van der Waals surface area contributed by atoms with Crippen LogP contribution in [-0.4, -0.2) is 30.0 Å². The Morgan fingerprint density at radius 1 is 1.14 bits per heavy atom. The molecule has 29 heavy (non-hydrogen) atoms. The second-order valence-corrected chi connectivity index (χ2v) is 6.76. The Bertz CT molecular complexity index is 916. The number of carbonyl (C=O) groups excluding carboxylic acids is 2. The van der Waals surface area contributed by atoms with Gasteiger partial charge in [0.15, 0.2) is 6.61 Å². The van der Waals surface area contributed by atoms with Crippen LogP contribution in [0, 0.1) is 24.0 Å². The number of aryl methyl sites for hydroxylation is 2. The molecule has 1 N–H and O–H groups in total. The Kier molecular flexibility index (Phi) is 7.97. The van der Waals surface area contributed by atoms with Gasteiger partial charge in [0.2, 0.25) is 0 Å². The predicted octanol–water partition coefficient (Wildman–Crippen LogP) is 4.21. The molecular weight excluding hydrogens is 400 g/mol. The summed E-state index contributed by atoms with van der Waals surface area (Å²) in [5, 5.41) is 13.9. The van der Waals surface area contributed by atoms with Gasteiger partial charge in [0, 0.05) is 23.6 Å². The van der Waals surface area contributed by atoms with Crippen molar-refractivity contribution in [2.24, 2.45) is 0 Å². The summed E-state index contributed by atoms with van der Waals surface area (Å²) >= 11 is 5.88. The fourth-order valence-corrected chi connectivity index (χ4v) is 2.66. The smallest absolute Gasteiger partial charge is 0.306 e. The van der Waals surface area contributed by atoms with E-state index in [-0.39, 0.29) is 12.1 Å². The summed E-state index contributed by atoms with van der Waals surface area (Å²) in [6.07, 6.45) is 0.516. The maximum absolute atomic E-state index is 11.9. The number of rotatable bonds is 9. The lowest BCUT2D eigenvalue weighted by atomic mass is 10.2. The minimum atomic E-state index is -0.574. The molecule has 0 aliphatic carbocycles. The number of halogens is 1. The number of hydrogen-bond donors (Lipinski definition) is 1. The average molecular weight is 421 g/mol. The van der Waals surface area contributed by atoms with Crippen molar-refractivity contribution in [1.29, 1.82) is 0 Å². The lowest BCUT2D eigenvalue weighted by Crippen LogP contribution is -2.21. The number of nitrogens with zero attached hydrogens (tertiary/aromatic N) is 1. The number of anilines is 1. The van der Waals surface area contributed by atoms with Crippen LogP contribution in [0.3, 0.4) is 0 Å². The summed E-state index contributed by atoms with van der Waals surface area (Å²) in [6.45, 7) is 3.42. The van der Waals surface area contributed by atoms with Gasteiger partial charge < -0.3 is 14.8 Å². The van der Waals surface area contributed by atoms with E-state index in [1.165, 1.54) is 18.2 Å². The summed E-state index contributed by atoms with van der Waals surface area (Å²) in [5.74, 6) is -0.420. The van der Waals surface area contributed by atoms with Gasteiger partial charge in [0.1, 0.15) is 5.75 Å². The molecule has 9 heteroatoms. The fraction of sp³-hybridized carbons (Fsp3) is 0.300. The Balaban J connectivity index is 1.71. The quantitative estimate of drug-likeness (QED) is 0.282. The van der Waals surface area contributed by atoms with E-state index in [2.05, 4.69) is 5.32 Å². The number of nitro groups is 1. The number of ether oxygens (including phenoxy) is 2. The van der Waals surface area contributed by atoms with Crippen LogP contribution in [0.15, 0.2) is 36.4 Å². The van der Waals surface area contributed by atoms with E-state index in [9.17, 15) is 19.7 Å². The molecule has 0 bridgehead atoms. The summed E-state index contributed by atoms with van der Waals surface area (Å²) < 4.78 is 10.5. The fourth-order valence-electron chi connectivity index (χ4n) is 2.44. The van der Waals surface area contributed by atoms with E-state index in [4.69, 9.17) is 21.1 Å². The van der Waals surface area contributed by atoms with E-state index in [1.807, 2.05) is 6.92 Å². The zero-order valence-corrected chi connectivity index (χ0v) is 16.8. The molecule has 1 amide bonds. The van der Waals surface area contributed by atoms with Gasteiger partial charge in [-0.3, -0.25) is 19.7 Å². The Labute approximate surface area is 172 Å². The number of amides is 1. The molecule has 0 saturated carbocycles. The average Bonchev–Trinajstić information content (AvgIpc) is 2.66. The highest BCUT2D eigenvalue weighted by molar-refractivity contribution is 6.30. The zero-order valence-electron chi connectivity index (χ0n) is 16.1. The van der Waals surface area contributed by atoms with Gasteiger partial charge in [0.05, 0.1) is 17.2 Å². The van der Waals surface area contributed by atoms with Crippen LogP contribution >= 0.6 is 11.6 Å². The Morgan fingerprint density at radius 3 is 2.59 bits per heavy atom. The van der Waals surface area contributed by atoms with E-state index in [1.54, 1.807) is 25.1 Å².